The molecule has 5 rings (SSSR count). The Morgan fingerprint density at radius 1 is 0.816 bits per heavy atom. The maximum absolute atomic E-state index is 14.2. The Labute approximate surface area is 289 Å². The summed E-state index contributed by atoms with van der Waals surface area (Å²) in [5.74, 6) is 0.633. The van der Waals surface area contributed by atoms with E-state index >= 15 is 0 Å². The molecule has 4 aromatic carbocycles. The number of nitrogens with zero attached hydrogens (tertiary/aromatic N) is 4. The average Bonchev–Trinajstić information content (AvgIpc) is 3.49. The van der Waals surface area contributed by atoms with Gasteiger partial charge in [0.05, 0.1) is 16.9 Å². The molecule has 0 saturated heterocycles. The number of hydrogen-bond donors (Lipinski definition) is 2. The zero-order valence-corrected chi connectivity index (χ0v) is 28.7. The molecule has 0 aliphatic carbocycles. The van der Waals surface area contributed by atoms with E-state index in [9.17, 15) is 9.59 Å². The molecule has 0 saturated carbocycles. The highest BCUT2D eigenvalue weighted by atomic mass is 16.2. The molecule has 0 spiro atoms. The van der Waals surface area contributed by atoms with E-state index in [1.54, 1.807) is 6.92 Å². The van der Waals surface area contributed by atoms with E-state index in [0.29, 0.717) is 55.2 Å². The molecule has 8 heteroatoms. The molecule has 1 atom stereocenters. The van der Waals surface area contributed by atoms with Crippen LogP contribution in [0.3, 0.4) is 0 Å². The lowest BCUT2D eigenvalue weighted by Gasteiger charge is -2.23. The van der Waals surface area contributed by atoms with Crippen LogP contribution in [0.4, 0.5) is 0 Å². The van der Waals surface area contributed by atoms with E-state index in [2.05, 4.69) is 48.3 Å². The van der Waals surface area contributed by atoms with Gasteiger partial charge in [-0.1, -0.05) is 105 Å². The number of unbranched alkanes of at least 4 members (excludes halogenated alkanes) is 2. The SMILES string of the molecule is CCCCCc1ccc(-c2nc3cc(C(=O)N(CCc4ccccc4)Cc4ccccc4)ccc3n2[C@@H](CCCN=C(C)N)C(N)=O)cc1. The second-order valence-corrected chi connectivity index (χ2v) is 12.7. The number of aliphatic imine (C=N–C) groups is 1. The van der Waals surface area contributed by atoms with Crippen molar-refractivity contribution in [2.75, 3.05) is 13.1 Å². The highest BCUT2D eigenvalue weighted by Crippen LogP contribution is 2.32. The van der Waals surface area contributed by atoms with Crippen LogP contribution in [0.5, 0.6) is 0 Å². The maximum Gasteiger partial charge on any atom is 0.254 e. The van der Waals surface area contributed by atoms with Crippen LogP contribution < -0.4 is 11.5 Å². The van der Waals surface area contributed by atoms with Crippen molar-refractivity contribution in [2.45, 2.75) is 71.4 Å². The molecular weight excluding hydrogens is 608 g/mol. The highest BCUT2D eigenvalue weighted by Gasteiger charge is 2.26. The van der Waals surface area contributed by atoms with Crippen LogP contribution in [0.25, 0.3) is 22.4 Å². The van der Waals surface area contributed by atoms with Crippen molar-refractivity contribution in [1.29, 1.82) is 0 Å². The predicted octanol–water partition coefficient (Wildman–Crippen LogP) is 7.50. The summed E-state index contributed by atoms with van der Waals surface area (Å²) in [5, 5.41) is 0. The molecule has 0 radical (unpaired) electrons. The van der Waals surface area contributed by atoms with Gasteiger partial charge in [-0.15, -0.1) is 0 Å². The van der Waals surface area contributed by atoms with E-state index < -0.39 is 11.9 Å². The number of carbonyl (C=O) groups is 2. The number of imidazole rings is 1. The number of rotatable bonds is 17. The molecule has 1 aromatic heterocycles. The summed E-state index contributed by atoms with van der Waals surface area (Å²) >= 11 is 0. The van der Waals surface area contributed by atoms with Crippen LogP contribution in [0.15, 0.2) is 108 Å². The van der Waals surface area contributed by atoms with Crippen LogP contribution in [0, 0.1) is 0 Å². The van der Waals surface area contributed by atoms with Gasteiger partial charge in [-0.2, -0.15) is 0 Å². The largest absolute Gasteiger partial charge is 0.388 e. The second-order valence-electron chi connectivity index (χ2n) is 12.7. The Morgan fingerprint density at radius 3 is 2.14 bits per heavy atom. The standard InChI is InChI=1S/C41H48N6O2/c1-3-4-7-13-32-19-21-34(22-20-32)40-45-36-28-35(23-24-37(36)47(40)38(39(43)48)18-12-26-44-30(2)42)41(49)46(29-33-16-10-6-11-17-33)27-25-31-14-8-5-9-15-31/h5-6,8-11,14-17,19-24,28,38H,3-4,7,12-13,18,25-27,29H2,1-2H3,(H2,42,44)(H2,43,48)/t38-/m0/s1. The first-order valence-corrected chi connectivity index (χ1v) is 17.4. The number of benzene rings is 4. The number of nitrogens with two attached hydrogens (primary N) is 2. The quantitative estimate of drug-likeness (QED) is 0.0612. The third-order valence-corrected chi connectivity index (χ3v) is 8.87. The summed E-state index contributed by atoms with van der Waals surface area (Å²) in [4.78, 5) is 38.5. The smallest absolute Gasteiger partial charge is 0.254 e. The topological polar surface area (TPSA) is 120 Å². The second kappa shape index (κ2) is 17.2. The van der Waals surface area contributed by atoms with Gasteiger partial charge in [-0.05, 0) is 73.9 Å². The van der Waals surface area contributed by atoms with E-state index in [4.69, 9.17) is 16.5 Å². The minimum absolute atomic E-state index is 0.0734. The number of aryl methyl sites for hydroxylation is 1. The first-order valence-electron chi connectivity index (χ1n) is 17.4. The van der Waals surface area contributed by atoms with Gasteiger partial charge < -0.3 is 20.9 Å². The van der Waals surface area contributed by atoms with Crippen molar-refractivity contribution in [3.05, 3.63) is 125 Å². The molecule has 5 aromatic rings. The third-order valence-electron chi connectivity index (χ3n) is 8.87. The van der Waals surface area contributed by atoms with E-state index in [0.717, 1.165) is 35.9 Å². The van der Waals surface area contributed by atoms with Gasteiger partial charge in [0.2, 0.25) is 5.91 Å². The lowest BCUT2D eigenvalue weighted by molar-refractivity contribution is -0.121. The van der Waals surface area contributed by atoms with Crippen molar-refractivity contribution in [3.8, 4) is 11.4 Å². The Balaban J connectivity index is 1.51. The van der Waals surface area contributed by atoms with Crippen molar-refractivity contribution in [3.63, 3.8) is 0 Å². The maximum atomic E-state index is 14.2. The molecule has 4 N–H and O–H groups in total. The van der Waals surface area contributed by atoms with Gasteiger partial charge in [0.25, 0.3) is 5.91 Å². The minimum Gasteiger partial charge on any atom is -0.388 e. The molecule has 0 fully saturated rings. The molecular formula is C41H48N6O2. The molecule has 49 heavy (non-hydrogen) atoms. The van der Waals surface area contributed by atoms with Crippen LogP contribution >= 0.6 is 0 Å². The summed E-state index contributed by atoms with van der Waals surface area (Å²) in [5.41, 5.74) is 18.1. The van der Waals surface area contributed by atoms with Crippen LogP contribution in [0.1, 0.15) is 79.0 Å². The Hall–Kier alpha value is -5.24. The molecule has 0 aliphatic heterocycles. The lowest BCUT2D eigenvalue weighted by Crippen LogP contribution is -2.32. The van der Waals surface area contributed by atoms with Crippen LogP contribution in [-0.4, -0.2) is 45.2 Å². The molecule has 2 amide bonds. The number of carbonyl (C=O) groups excluding carboxylic acids is 2. The number of amidine groups is 1. The third kappa shape index (κ3) is 9.44. The summed E-state index contributed by atoms with van der Waals surface area (Å²) in [6.45, 7) is 5.51. The minimum atomic E-state index is -0.653. The fourth-order valence-corrected chi connectivity index (χ4v) is 6.24. The zero-order valence-electron chi connectivity index (χ0n) is 28.7. The Kier molecular flexibility index (Phi) is 12.3. The van der Waals surface area contributed by atoms with Gasteiger partial charge in [0.15, 0.2) is 0 Å². The first-order chi connectivity index (χ1) is 23.8. The van der Waals surface area contributed by atoms with Crippen molar-refractivity contribution < 1.29 is 9.59 Å². The normalized spacial score (nSPS) is 12.2. The summed E-state index contributed by atoms with van der Waals surface area (Å²) < 4.78 is 1.94. The van der Waals surface area contributed by atoms with Crippen molar-refractivity contribution in [1.82, 2.24) is 14.5 Å². The molecule has 8 nitrogen and oxygen atoms in total. The summed E-state index contributed by atoms with van der Waals surface area (Å²) in [6, 6.07) is 33.6. The predicted molar refractivity (Wildman–Crippen MR) is 199 cm³/mol. The number of fused-ring (bicyclic) bond motifs is 1. The highest BCUT2D eigenvalue weighted by molar-refractivity contribution is 5.98. The summed E-state index contributed by atoms with van der Waals surface area (Å²) in [6.07, 6.45) is 6.38. The number of primary amides is 1. The number of hydrogen-bond acceptors (Lipinski definition) is 4. The number of aromatic nitrogens is 2. The summed E-state index contributed by atoms with van der Waals surface area (Å²) in [7, 11) is 0. The average molecular weight is 657 g/mol. The lowest BCUT2D eigenvalue weighted by atomic mass is 10.0. The Bertz CT molecular complexity index is 1840. The van der Waals surface area contributed by atoms with Gasteiger partial charge >= 0.3 is 0 Å². The Morgan fingerprint density at radius 2 is 1.49 bits per heavy atom. The molecule has 1 heterocycles. The first kappa shape index (κ1) is 35.1. The van der Waals surface area contributed by atoms with E-state index in [1.165, 1.54) is 24.0 Å². The van der Waals surface area contributed by atoms with E-state index in [-0.39, 0.29) is 5.91 Å². The van der Waals surface area contributed by atoms with Crippen molar-refractivity contribution >= 4 is 28.7 Å². The molecule has 0 aliphatic rings. The van der Waals surface area contributed by atoms with Crippen molar-refractivity contribution in [2.24, 2.45) is 16.5 Å². The van der Waals surface area contributed by atoms with Gasteiger partial charge in [0, 0.05) is 30.8 Å². The molecule has 254 valence electrons. The monoisotopic (exact) mass is 656 g/mol. The van der Waals surface area contributed by atoms with E-state index in [1.807, 2.05) is 76.2 Å². The zero-order chi connectivity index (χ0) is 34.6. The van der Waals surface area contributed by atoms with Crippen LogP contribution in [-0.2, 0) is 24.2 Å². The van der Waals surface area contributed by atoms with Crippen LogP contribution in [0.2, 0.25) is 0 Å². The van der Waals surface area contributed by atoms with Gasteiger partial charge in [-0.3, -0.25) is 14.6 Å². The fraction of sp³-hybridized carbons (Fsp3) is 0.317. The fourth-order valence-electron chi connectivity index (χ4n) is 6.24. The van der Waals surface area contributed by atoms with Gasteiger partial charge in [-0.25, -0.2) is 4.98 Å². The van der Waals surface area contributed by atoms with Gasteiger partial charge in [0.1, 0.15) is 11.9 Å². The number of amides is 2. The molecule has 0 bridgehead atoms. The molecule has 0 unspecified atom stereocenters.